The average molecular weight is 565 g/mol. The first-order chi connectivity index (χ1) is 20.6. The molecule has 4 N–H and O–H groups in total. The van der Waals surface area contributed by atoms with Crippen LogP contribution in [0.1, 0.15) is 51.3 Å². The molecule has 2 heterocycles. The topological polar surface area (TPSA) is 68.8 Å². The Morgan fingerprint density at radius 3 is 2.43 bits per heavy atom. The van der Waals surface area contributed by atoms with E-state index in [1.165, 1.54) is 5.57 Å². The Morgan fingerprint density at radius 1 is 0.976 bits per heavy atom. The van der Waals surface area contributed by atoms with Crippen molar-refractivity contribution in [3.63, 3.8) is 0 Å². The molecule has 3 aromatic rings. The summed E-state index contributed by atoms with van der Waals surface area (Å²) in [6.07, 6.45) is 4.86. The zero-order valence-corrected chi connectivity index (χ0v) is 25.7. The number of anilines is 1. The van der Waals surface area contributed by atoms with Crippen LogP contribution in [0, 0.1) is 0 Å². The fraction of sp³-hybridized carbons (Fsp3) is 0.250. The van der Waals surface area contributed by atoms with Crippen LogP contribution in [0.15, 0.2) is 120 Å². The molecule has 220 valence electrons. The third-order valence-electron chi connectivity index (χ3n) is 6.67. The van der Waals surface area contributed by atoms with Gasteiger partial charge in [0.2, 0.25) is 0 Å². The number of allylic oxidation sites excluding steroid dienone is 4. The van der Waals surface area contributed by atoms with Crippen molar-refractivity contribution in [1.82, 2.24) is 15.8 Å². The second kappa shape index (κ2) is 16.0. The Hall–Kier alpha value is -4.64. The number of phenolic OH excluding ortho intramolecular Hbond substituents is 1. The Labute approximate surface area is 251 Å². The molecule has 0 saturated carbocycles. The molecule has 5 rings (SSSR count). The van der Waals surface area contributed by atoms with Crippen molar-refractivity contribution in [1.29, 1.82) is 0 Å². The molecule has 42 heavy (non-hydrogen) atoms. The number of aromatic hydroxyl groups is 1. The first-order valence-corrected chi connectivity index (χ1v) is 14.6. The number of phenols is 1. The molecule has 2 aliphatic heterocycles. The monoisotopic (exact) mass is 564 g/mol. The highest BCUT2D eigenvalue weighted by molar-refractivity contribution is 5.81. The van der Waals surface area contributed by atoms with Crippen LogP contribution in [0.2, 0.25) is 0 Å². The summed E-state index contributed by atoms with van der Waals surface area (Å²) in [4.78, 5) is 0. The minimum atomic E-state index is 0.271. The van der Waals surface area contributed by atoms with Gasteiger partial charge < -0.3 is 20.5 Å². The smallest absolute Gasteiger partial charge is 0.142 e. The molecule has 2 aliphatic rings. The van der Waals surface area contributed by atoms with Crippen molar-refractivity contribution in [2.45, 2.75) is 47.6 Å². The summed E-state index contributed by atoms with van der Waals surface area (Å²) in [7, 11) is 1.66. The number of para-hydroxylation sites is 3. The van der Waals surface area contributed by atoms with Crippen LogP contribution >= 0.6 is 0 Å². The van der Waals surface area contributed by atoms with Crippen LogP contribution in [-0.2, 0) is 13.0 Å². The normalized spacial score (nSPS) is 13.2. The van der Waals surface area contributed by atoms with Crippen molar-refractivity contribution in [2.24, 2.45) is 0 Å². The highest BCUT2D eigenvalue weighted by Gasteiger charge is 2.26. The highest BCUT2D eigenvalue weighted by Crippen LogP contribution is 2.34. The number of hydrazine groups is 1. The predicted molar refractivity (Wildman–Crippen MR) is 176 cm³/mol. The molecule has 0 unspecified atom stereocenters. The molecular weight excluding hydrogens is 520 g/mol. The van der Waals surface area contributed by atoms with Gasteiger partial charge in [0.05, 0.1) is 24.2 Å². The molecule has 0 amide bonds. The molecule has 0 spiro atoms. The van der Waals surface area contributed by atoms with Gasteiger partial charge in [-0.15, -0.1) is 5.73 Å². The van der Waals surface area contributed by atoms with Gasteiger partial charge in [-0.1, -0.05) is 88.9 Å². The fourth-order valence-electron chi connectivity index (χ4n) is 4.68. The quantitative estimate of drug-likeness (QED) is 0.198. The zero-order valence-electron chi connectivity index (χ0n) is 25.7. The molecule has 0 radical (unpaired) electrons. The lowest BCUT2D eigenvalue weighted by Gasteiger charge is -2.29. The Bertz CT molecular complexity index is 1500. The van der Waals surface area contributed by atoms with E-state index in [1.807, 2.05) is 70.2 Å². The lowest BCUT2D eigenvalue weighted by atomic mass is 10.00. The molecule has 0 aliphatic carbocycles. The maximum Gasteiger partial charge on any atom is 0.142 e. The van der Waals surface area contributed by atoms with Crippen molar-refractivity contribution in [2.75, 3.05) is 19.0 Å². The van der Waals surface area contributed by atoms with Gasteiger partial charge in [-0.05, 0) is 59.5 Å². The van der Waals surface area contributed by atoms with Crippen LogP contribution in [0.5, 0.6) is 11.5 Å². The number of nitrogens with one attached hydrogen (secondary N) is 3. The third-order valence-corrected chi connectivity index (χ3v) is 6.67. The van der Waals surface area contributed by atoms with Crippen molar-refractivity contribution in [3.8, 4) is 11.5 Å². The Balaban J connectivity index is 0.00000116. The van der Waals surface area contributed by atoms with E-state index in [0.717, 1.165) is 57.5 Å². The second-order valence-electron chi connectivity index (χ2n) is 9.31. The van der Waals surface area contributed by atoms with Crippen LogP contribution in [0.4, 0.5) is 5.69 Å². The minimum absolute atomic E-state index is 0.271. The molecule has 0 bridgehead atoms. The first-order valence-electron chi connectivity index (χ1n) is 14.6. The molecule has 0 fully saturated rings. The number of ether oxygens (including phenoxy) is 1. The van der Waals surface area contributed by atoms with Crippen LogP contribution in [0.25, 0.3) is 5.57 Å². The largest absolute Gasteiger partial charge is 0.507 e. The van der Waals surface area contributed by atoms with E-state index in [1.54, 1.807) is 13.2 Å². The summed E-state index contributed by atoms with van der Waals surface area (Å²) in [6, 6.07) is 23.7. The lowest BCUT2D eigenvalue weighted by Crippen LogP contribution is -2.38. The standard InChI is InChI=1S/C32H32N4O2.2C2H6/c1-4-26(35-28-13-6-8-15-31(28)38-3)17-23-10-9-11-24(16-23)21-33-32-19-25(27-12-5-7-14-30(27)37)18-29-22(2)20-34-36(29)32;2*1-2/h5-16,18-19,33-35,37H,1,17,20-21H2,2-3H3;2*1-2H3. The number of methoxy groups -OCH3 is 1. The number of hydrogen-bond acceptors (Lipinski definition) is 6. The number of rotatable bonds is 9. The number of benzene rings is 3. The maximum absolute atomic E-state index is 10.4. The lowest BCUT2D eigenvalue weighted by molar-refractivity contribution is 0.333. The summed E-state index contributed by atoms with van der Waals surface area (Å²) >= 11 is 0. The molecule has 0 saturated heterocycles. The summed E-state index contributed by atoms with van der Waals surface area (Å²) in [6.45, 7) is 15.4. The van der Waals surface area contributed by atoms with E-state index in [0.29, 0.717) is 13.0 Å². The van der Waals surface area contributed by atoms with Gasteiger partial charge >= 0.3 is 0 Å². The van der Waals surface area contributed by atoms with Gasteiger partial charge in [-0.3, -0.25) is 5.01 Å². The minimum Gasteiger partial charge on any atom is -0.507 e. The molecule has 6 heteroatoms. The van der Waals surface area contributed by atoms with Crippen molar-refractivity contribution < 1.29 is 9.84 Å². The third kappa shape index (κ3) is 7.76. The van der Waals surface area contributed by atoms with E-state index in [-0.39, 0.29) is 5.75 Å². The van der Waals surface area contributed by atoms with Crippen molar-refractivity contribution >= 4 is 11.3 Å². The zero-order chi connectivity index (χ0) is 30.5. The number of fused-ring (bicyclic) bond motifs is 1. The number of nitrogens with zero attached hydrogens (tertiary/aromatic N) is 1. The van der Waals surface area contributed by atoms with E-state index in [4.69, 9.17) is 4.74 Å². The maximum atomic E-state index is 10.4. The van der Waals surface area contributed by atoms with Gasteiger partial charge in [0.15, 0.2) is 0 Å². The summed E-state index contributed by atoms with van der Waals surface area (Å²) in [5.74, 6) is 1.98. The van der Waals surface area contributed by atoms with Crippen LogP contribution in [-0.4, -0.2) is 23.8 Å². The van der Waals surface area contributed by atoms with Gasteiger partial charge in [0.1, 0.15) is 17.3 Å². The van der Waals surface area contributed by atoms with Gasteiger partial charge in [0.25, 0.3) is 0 Å². The molecule has 6 nitrogen and oxygen atoms in total. The number of hydrogen-bond donors (Lipinski definition) is 4. The fourth-order valence-corrected chi connectivity index (χ4v) is 4.68. The predicted octanol–water partition coefficient (Wildman–Crippen LogP) is 7.90. The van der Waals surface area contributed by atoms with E-state index < -0.39 is 0 Å². The summed E-state index contributed by atoms with van der Waals surface area (Å²) in [5.41, 5.74) is 14.7. The first kappa shape index (κ1) is 31.9. The summed E-state index contributed by atoms with van der Waals surface area (Å²) < 4.78 is 5.46. The van der Waals surface area contributed by atoms with Gasteiger partial charge in [-0.2, -0.15) is 0 Å². The SMILES string of the molecule is C=C=C(Cc1cccc(CNC2=CC(c3ccccc3O)=CC3=C(C)CNN23)c1)Nc1ccccc1OC.CC.CC. The molecular formula is C36H44N4O2. The second-order valence-corrected chi connectivity index (χ2v) is 9.31. The molecule has 3 aromatic carbocycles. The Kier molecular flexibility index (Phi) is 12.1. The van der Waals surface area contributed by atoms with Gasteiger partial charge in [-0.25, -0.2) is 5.43 Å². The Morgan fingerprint density at radius 2 is 1.69 bits per heavy atom. The van der Waals surface area contributed by atoms with E-state index in [2.05, 4.69) is 76.7 Å². The van der Waals surface area contributed by atoms with Gasteiger partial charge in [0, 0.05) is 25.1 Å². The van der Waals surface area contributed by atoms with Crippen LogP contribution < -0.4 is 20.8 Å². The molecule has 0 atom stereocenters. The van der Waals surface area contributed by atoms with E-state index in [9.17, 15) is 5.11 Å². The molecule has 0 aromatic heterocycles. The summed E-state index contributed by atoms with van der Waals surface area (Å²) in [5, 5.41) is 19.5. The van der Waals surface area contributed by atoms with Crippen molar-refractivity contribution in [3.05, 3.63) is 137 Å². The van der Waals surface area contributed by atoms with Crippen LogP contribution in [0.3, 0.4) is 0 Å². The average Bonchev–Trinajstić information content (AvgIpc) is 3.42. The highest BCUT2D eigenvalue weighted by atomic mass is 16.5. The van der Waals surface area contributed by atoms with E-state index >= 15 is 0 Å².